The fourth-order valence-corrected chi connectivity index (χ4v) is 2.00. The van der Waals surface area contributed by atoms with Crippen LogP contribution < -0.4 is 5.32 Å². The highest BCUT2D eigenvalue weighted by atomic mass is 16.6. The Balaban J connectivity index is 1.98. The van der Waals surface area contributed by atoms with Gasteiger partial charge in [0.25, 0.3) is 0 Å². The van der Waals surface area contributed by atoms with Gasteiger partial charge in [0.2, 0.25) is 0 Å². The van der Waals surface area contributed by atoms with Crippen molar-refractivity contribution in [3.8, 4) is 5.82 Å². The Morgan fingerprint density at radius 2 is 2.05 bits per heavy atom. The third kappa shape index (κ3) is 4.31. The number of pyridine rings is 1. The van der Waals surface area contributed by atoms with Crippen molar-refractivity contribution >= 4 is 6.09 Å². The van der Waals surface area contributed by atoms with E-state index in [1.54, 1.807) is 10.9 Å². The van der Waals surface area contributed by atoms with Gasteiger partial charge >= 0.3 is 6.09 Å². The summed E-state index contributed by atoms with van der Waals surface area (Å²) in [6.07, 6.45) is 1.29. The van der Waals surface area contributed by atoms with Gasteiger partial charge < -0.3 is 10.1 Å². The highest BCUT2D eigenvalue weighted by Gasteiger charge is 2.15. The largest absolute Gasteiger partial charge is 0.444 e. The molecule has 0 bridgehead atoms. The Morgan fingerprint density at radius 3 is 2.55 bits per heavy atom. The van der Waals surface area contributed by atoms with Crippen LogP contribution in [0, 0.1) is 13.8 Å². The van der Waals surface area contributed by atoms with Crippen LogP contribution in [0.1, 0.15) is 37.7 Å². The SMILES string of the molecule is Cc1cc(C)n(-c2ccc(CNC(=O)OC(C)(C)C)cn2)n1. The molecule has 0 atom stereocenters. The number of carbonyl (C=O) groups is 1. The minimum absolute atomic E-state index is 0.374. The third-order valence-electron chi connectivity index (χ3n) is 2.87. The molecule has 2 aromatic rings. The van der Waals surface area contributed by atoms with Crippen molar-refractivity contribution in [2.75, 3.05) is 0 Å². The van der Waals surface area contributed by atoms with Gasteiger partial charge in [0.05, 0.1) is 5.69 Å². The molecule has 0 radical (unpaired) electrons. The van der Waals surface area contributed by atoms with Crippen molar-refractivity contribution in [2.24, 2.45) is 0 Å². The number of aryl methyl sites for hydroxylation is 2. The van der Waals surface area contributed by atoms with E-state index in [1.807, 2.05) is 52.8 Å². The van der Waals surface area contributed by atoms with E-state index >= 15 is 0 Å². The molecule has 0 unspecified atom stereocenters. The number of amides is 1. The van der Waals surface area contributed by atoms with Gasteiger partial charge in [-0.25, -0.2) is 14.5 Å². The Labute approximate surface area is 130 Å². The molecule has 118 valence electrons. The van der Waals surface area contributed by atoms with Crippen molar-refractivity contribution in [2.45, 2.75) is 46.8 Å². The van der Waals surface area contributed by atoms with E-state index in [2.05, 4.69) is 15.4 Å². The molecule has 0 aromatic carbocycles. The molecular weight excluding hydrogens is 280 g/mol. The maximum absolute atomic E-state index is 11.6. The van der Waals surface area contributed by atoms with E-state index in [0.29, 0.717) is 6.54 Å². The molecule has 1 amide bonds. The molecule has 6 heteroatoms. The second-order valence-corrected chi connectivity index (χ2v) is 6.22. The van der Waals surface area contributed by atoms with Gasteiger partial charge in [-0.05, 0) is 52.3 Å². The van der Waals surface area contributed by atoms with Crippen LogP contribution in [-0.4, -0.2) is 26.5 Å². The van der Waals surface area contributed by atoms with Gasteiger partial charge in [0.15, 0.2) is 5.82 Å². The molecule has 22 heavy (non-hydrogen) atoms. The molecule has 2 heterocycles. The van der Waals surface area contributed by atoms with E-state index < -0.39 is 11.7 Å². The van der Waals surface area contributed by atoms with Crippen molar-refractivity contribution < 1.29 is 9.53 Å². The summed E-state index contributed by atoms with van der Waals surface area (Å²) in [4.78, 5) is 16.0. The number of hydrogen-bond donors (Lipinski definition) is 1. The van der Waals surface area contributed by atoms with Gasteiger partial charge in [0.1, 0.15) is 5.60 Å². The maximum atomic E-state index is 11.6. The second kappa shape index (κ2) is 6.17. The molecule has 1 N–H and O–H groups in total. The minimum Gasteiger partial charge on any atom is -0.444 e. The first kappa shape index (κ1) is 16.0. The number of hydrogen-bond acceptors (Lipinski definition) is 4. The summed E-state index contributed by atoms with van der Waals surface area (Å²) in [5, 5.41) is 7.10. The van der Waals surface area contributed by atoms with Gasteiger partial charge in [-0.3, -0.25) is 0 Å². The zero-order valence-electron chi connectivity index (χ0n) is 13.7. The van der Waals surface area contributed by atoms with Crippen LogP contribution in [0.3, 0.4) is 0 Å². The molecule has 2 aromatic heterocycles. The Kier molecular flexibility index (Phi) is 4.49. The van der Waals surface area contributed by atoms with Crippen molar-refractivity contribution in [3.05, 3.63) is 41.3 Å². The van der Waals surface area contributed by atoms with Crippen LogP contribution in [0.2, 0.25) is 0 Å². The first-order valence-corrected chi connectivity index (χ1v) is 7.20. The monoisotopic (exact) mass is 302 g/mol. The number of nitrogens with zero attached hydrogens (tertiary/aromatic N) is 3. The van der Waals surface area contributed by atoms with Crippen molar-refractivity contribution in [3.63, 3.8) is 0 Å². The predicted molar refractivity (Wildman–Crippen MR) is 83.9 cm³/mol. The average Bonchev–Trinajstić information content (AvgIpc) is 2.74. The molecule has 2 rings (SSSR count). The average molecular weight is 302 g/mol. The topological polar surface area (TPSA) is 69.0 Å². The summed E-state index contributed by atoms with van der Waals surface area (Å²) in [5.41, 5.74) is 2.39. The van der Waals surface area contributed by atoms with Gasteiger partial charge in [-0.2, -0.15) is 5.10 Å². The molecule has 0 aliphatic rings. The first-order valence-electron chi connectivity index (χ1n) is 7.20. The molecule has 0 saturated heterocycles. The van der Waals surface area contributed by atoms with Crippen molar-refractivity contribution in [1.82, 2.24) is 20.1 Å². The lowest BCUT2D eigenvalue weighted by molar-refractivity contribution is 0.0523. The van der Waals surface area contributed by atoms with E-state index in [9.17, 15) is 4.79 Å². The Bertz CT molecular complexity index is 654. The fourth-order valence-electron chi connectivity index (χ4n) is 2.00. The van der Waals surface area contributed by atoms with E-state index in [-0.39, 0.29) is 0 Å². The zero-order chi connectivity index (χ0) is 16.3. The van der Waals surface area contributed by atoms with Crippen molar-refractivity contribution in [1.29, 1.82) is 0 Å². The second-order valence-electron chi connectivity index (χ2n) is 6.22. The number of rotatable bonds is 3. The molecule has 0 fully saturated rings. The lowest BCUT2D eigenvalue weighted by atomic mass is 10.2. The van der Waals surface area contributed by atoms with E-state index in [4.69, 9.17) is 4.74 Å². The van der Waals surface area contributed by atoms with Gasteiger partial charge in [-0.15, -0.1) is 0 Å². The zero-order valence-corrected chi connectivity index (χ0v) is 13.7. The minimum atomic E-state index is -0.498. The molecule has 6 nitrogen and oxygen atoms in total. The Hall–Kier alpha value is -2.37. The highest BCUT2D eigenvalue weighted by Crippen LogP contribution is 2.11. The number of nitrogens with one attached hydrogen (secondary N) is 1. The van der Waals surface area contributed by atoms with E-state index in [1.165, 1.54) is 0 Å². The van der Waals surface area contributed by atoms with Crippen LogP contribution in [0.4, 0.5) is 4.79 Å². The molecule has 0 aliphatic carbocycles. The lowest BCUT2D eigenvalue weighted by Gasteiger charge is -2.19. The van der Waals surface area contributed by atoms with Gasteiger partial charge in [0, 0.05) is 18.4 Å². The van der Waals surface area contributed by atoms with E-state index in [0.717, 1.165) is 22.8 Å². The molecular formula is C16H22N4O2. The number of ether oxygens (including phenoxy) is 1. The smallest absolute Gasteiger partial charge is 0.407 e. The number of aromatic nitrogens is 3. The van der Waals surface area contributed by atoms with Crippen LogP contribution in [0.15, 0.2) is 24.4 Å². The summed E-state index contributed by atoms with van der Waals surface area (Å²) in [6, 6.07) is 5.79. The number of alkyl carbamates (subject to hydrolysis) is 1. The lowest BCUT2D eigenvalue weighted by Crippen LogP contribution is -2.32. The molecule has 0 aliphatic heterocycles. The van der Waals surface area contributed by atoms with Crippen LogP contribution >= 0.6 is 0 Å². The molecule has 0 saturated carbocycles. The number of carbonyl (C=O) groups excluding carboxylic acids is 1. The maximum Gasteiger partial charge on any atom is 0.407 e. The summed E-state index contributed by atoms with van der Waals surface area (Å²) >= 11 is 0. The summed E-state index contributed by atoms with van der Waals surface area (Å²) in [6.45, 7) is 9.80. The Morgan fingerprint density at radius 1 is 1.32 bits per heavy atom. The molecule has 0 spiro atoms. The summed E-state index contributed by atoms with van der Waals surface area (Å²) in [7, 11) is 0. The van der Waals surface area contributed by atoms with Crippen LogP contribution in [0.5, 0.6) is 0 Å². The van der Waals surface area contributed by atoms with Crippen LogP contribution in [0.25, 0.3) is 5.82 Å². The summed E-state index contributed by atoms with van der Waals surface area (Å²) < 4.78 is 6.98. The first-order chi connectivity index (χ1) is 10.2. The predicted octanol–water partition coefficient (Wildman–Crippen LogP) is 2.91. The summed E-state index contributed by atoms with van der Waals surface area (Å²) in [5.74, 6) is 0.756. The fraction of sp³-hybridized carbons (Fsp3) is 0.438. The van der Waals surface area contributed by atoms with Crippen LogP contribution in [-0.2, 0) is 11.3 Å². The quantitative estimate of drug-likeness (QED) is 0.946. The van der Waals surface area contributed by atoms with Gasteiger partial charge in [-0.1, -0.05) is 6.07 Å². The normalized spacial score (nSPS) is 11.3. The highest BCUT2D eigenvalue weighted by molar-refractivity contribution is 5.67. The standard InChI is InChI=1S/C16H22N4O2/c1-11-8-12(2)20(19-11)14-7-6-13(9-17-14)10-18-15(21)22-16(3,4)5/h6-9H,10H2,1-5H3,(H,18,21). The third-order valence-corrected chi connectivity index (χ3v) is 2.87.